The Morgan fingerprint density at radius 2 is 1.55 bits per heavy atom. The molecule has 0 aliphatic heterocycles. The van der Waals surface area contributed by atoms with Crippen LogP contribution >= 0.6 is 0 Å². The number of nitrogens with zero attached hydrogens (tertiary/aromatic N) is 1. The zero-order valence-corrected chi connectivity index (χ0v) is 22.7. The SMILES string of the molecule is CC(C)CC(NC(=O)C(Cc1c[nH]c2ccccc12)NC(=O)C(Cc1cnc[nH]1)NC(=O)C(N)C(C)O)C(=O)O. The number of amides is 3. The number of hydrogen-bond donors (Lipinski definition) is 8. The van der Waals surface area contributed by atoms with Gasteiger partial charge < -0.3 is 41.9 Å². The summed E-state index contributed by atoms with van der Waals surface area (Å²) < 4.78 is 0. The molecular weight excluding hydrogens is 518 g/mol. The number of carboxylic acid groups (broad SMARTS) is 1. The highest BCUT2D eigenvalue weighted by Gasteiger charge is 2.32. The molecule has 0 spiro atoms. The van der Waals surface area contributed by atoms with Crippen LogP contribution in [-0.2, 0) is 32.0 Å². The molecule has 5 unspecified atom stereocenters. The van der Waals surface area contributed by atoms with Gasteiger partial charge in [-0.3, -0.25) is 14.4 Å². The van der Waals surface area contributed by atoms with Crippen LogP contribution < -0.4 is 21.7 Å². The van der Waals surface area contributed by atoms with Crippen molar-refractivity contribution < 1.29 is 29.4 Å². The number of benzene rings is 1. The highest BCUT2D eigenvalue weighted by Crippen LogP contribution is 2.19. The number of aromatic nitrogens is 3. The van der Waals surface area contributed by atoms with Crippen LogP contribution in [0.15, 0.2) is 43.0 Å². The molecule has 40 heavy (non-hydrogen) atoms. The predicted molar refractivity (Wildman–Crippen MR) is 147 cm³/mol. The number of aliphatic hydroxyl groups excluding tert-OH is 1. The van der Waals surface area contributed by atoms with Crippen LogP contribution in [0.1, 0.15) is 38.4 Å². The number of para-hydroxylation sites is 1. The first-order valence-electron chi connectivity index (χ1n) is 13.1. The predicted octanol–water partition coefficient (Wildman–Crippen LogP) is -0.0306. The Morgan fingerprint density at radius 3 is 2.15 bits per heavy atom. The Balaban J connectivity index is 1.89. The number of imidazole rings is 1. The molecule has 0 bridgehead atoms. The van der Waals surface area contributed by atoms with E-state index in [2.05, 4.69) is 30.9 Å². The van der Waals surface area contributed by atoms with Gasteiger partial charge in [-0.1, -0.05) is 32.0 Å². The van der Waals surface area contributed by atoms with Gasteiger partial charge in [-0.15, -0.1) is 0 Å². The molecule has 0 radical (unpaired) electrons. The van der Waals surface area contributed by atoms with Crippen LogP contribution in [0.4, 0.5) is 0 Å². The van der Waals surface area contributed by atoms with Gasteiger partial charge in [-0.25, -0.2) is 9.78 Å². The molecule has 9 N–H and O–H groups in total. The van der Waals surface area contributed by atoms with Crippen molar-refractivity contribution in [3.63, 3.8) is 0 Å². The molecule has 0 aliphatic rings. The average molecular weight is 556 g/mol. The summed E-state index contributed by atoms with van der Waals surface area (Å²) in [6, 6.07) is 2.66. The van der Waals surface area contributed by atoms with E-state index in [1.165, 1.54) is 19.4 Å². The molecule has 0 aliphatic carbocycles. The summed E-state index contributed by atoms with van der Waals surface area (Å²) in [5.74, 6) is -3.32. The van der Waals surface area contributed by atoms with E-state index in [-0.39, 0.29) is 25.2 Å². The van der Waals surface area contributed by atoms with Crippen LogP contribution in [0.2, 0.25) is 0 Å². The fourth-order valence-corrected chi connectivity index (χ4v) is 4.28. The summed E-state index contributed by atoms with van der Waals surface area (Å²) in [7, 11) is 0. The second kappa shape index (κ2) is 13.7. The summed E-state index contributed by atoms with van der Waals surface area (Å²) in [5, 5.41) is 28.0. The molecule has 5 atom stereocenters. The number of hydrogen-bond acceptors (Lipinski definition) is 7. The van der Waals surface area contributed by atoms with Crippen molar-refractivity contribution in [1.82, 2.24) is 30.9 Å². The second-order valence-electron chi connectivity index (χ2n) is 10.3. The number of rotatable bonds is 14. The number of nitrogens with two attached hydrogens (primary N) is 1. The topological polar surface area (TPSA) is 215 Å². The number of aromatic amines is 2. The molecule has 3 amide bonds. The van der Waals surface area contributed by atoms with E-state index in [4.69, 9.17) is 5.73 Å². The Hall–Kier alpha value is -4.23. The summed E-state index contributed by atoms with van der Waals surface area (Å²) in [4.78, 5) is 61.4. The Kier molecular flexibility index (Phi) is 10.4. The third-order valence-corrected chi connectivity index (χ3v) is 6.49. The molecule has 2 aromatic heterocycles. The number of carboxylic acids is 1. The van der Waals surface area contributed by atoms with Gasteiger partial charge >= 0.3 is 5.97 Å². The first-order chi connectivity index (χ1) is 19.0. The average Bonchev–Trinajstić information content (AvgIpc) is 3.56. The van der Waals surface area contributed by atoms with Crippen LogP contribution in [-0.4, -0.2) is 79.1 Å². The minimum absolute atomic E-state index is 0.00335. The molecule has 3 rings (SSSR count). The maximum atomic E-state index is 13.5. The van der Waals surface area contributed by atoms with E-state index in [1.54, 1.807) is 6.20 Å². The van der Waals surface area contributed by atoms with E-state index < -0.39 is 54.0 Å². The van der Waals surface area contributed by atoms with E-state index >= 15 is 0 Å². The fourth-order valence-electron chi connectivity index (χ4n) is 4.28. The minimum atomic E-state index is -1.28. The third kappa shape index (κ3) is 8.13. The number of fused-ring (bicyclic) bond motifs is 1. The third-order valence-electron chi connectivity index (χ3n) is 6.49. The van der Waals surface area contributed by atoms with Crippen molar-refractivity contribution in [2.24, 2.45) is 11.7 Å². The van der Waals surface area contributed by atoms with Crippen molar-refractivity contribution in [1.29, 1.82) is 0 Å². The van der Waals surface area contributed by atoms with Crippen molar-refractivity contribution in [3.05, 3.63) is 54.2 Å². The highest BCUT2D eigenvalue weighted by atomic mass is 16.4. The minimum Gasteiger partial charge on any atom is -0.480 e. The highest BCUT2D eigenvalue weighted by molar-refractivity contribution is 5.95. The first-order valence-corrected chi connectivity index (χ1v) is 13.1. The Morgan fingerprint density at radius 1 is 0.925 bits per heavy atom. The lowest BCUT2D eigenvalue weighted by Crippen LogP contribution is -2.59. The number of carbonyl (C=O) groups is 4. The lowest BCUT2D eigenvalue weighted by atomic mass is 10.0. The number of H-pyrrole nitrogens is 2. The first kappa shape index (κ1) is 30.3. The molecule has 0 saturated carbocycles. The molecule has 0 fully saturated rings. The van der Waals surface area contributed by atoms with E-state index in [1.807, 2.05) is 38.1 Å². The summed E-state index contributed by atoms with van der Waals surface area (Å²) in [6.07, 6.45) is 3.72. The molecule has 13 nitrogen and oxygen atoms in total. The molecule has 1 aromatic carbocycles. The largest absolute Gasteiger partial charge is 0.480 e. The molecule has 2 heterocycles. The maximum Gasteiger partial charge on any atom is 0.326 e. The number of aliphatic hydroxyl groups is 1. The molecule has 13 heteroatoms. The van der Waals surface area contributed by atoms with Crippen molar-refractivity contribution in [3.8, 4) is 0 Å². The monoisotopic (exact) mass is 555 g/mol. The summed E-state index contributed by atoms with van der Waals surface area (Å²) in [6.45, 7) is 5.04. The molecular formula is C27H37N7O6. The lowest BCUT2D eigenvalue weighted by Gasteiger charge is -2.26. The fraction of sp³-hybridized carbons (Fsp3) is 0.444. The van der Waals surface area contributed by atoms with E-state index in [0.29, 0.717) is 5.69 Å². The van der Waals surface area contributed by atoms with Gasteiger partial charge in [0.15, 0.2) is 0 Å². The van der Waals surface area contributed by atoms with Gasteiger partial charge in [0.1, 0.15) is 24.2 Å². The lowest BCUT2D eigenvalue weighted by molar-refractivity contribution is -0.142. The van der Waals surface area contributed by atoms with Gasteiger partial charge in [-0.2, -0.15) is 0 Å². The number of nitrogens with one attached hydrogen (secondary N) is 5. The Bertz CT molecular complexity index is 1300. The van der Waals surface area contributed by atoms with Crippen molar-refractivity contribution >= 4 is 34.6 Å². The summed E-state index contributed by atoms with van der Waals surface area (Å²) >= 11 is 0. The van der Waals surface area contributed by atoms with Crippen LogP contribution in [0, 0.1) is 5.92 Å². The standard InChI is InChI=1S/C27H37N7O6/c1-14(2)8-22(27(39)40)34-24(36)20(9-16-11-30-19-7-5-4-6-18(16)19)32-25(37)21(10-17-12-29-13-31-17)33-26(38)23(28)15(3)35/h4-7,11-15,20-23,30,35H,8-10,28H2,1-3H3,(H,29,31)(H,32,37)(H,33,38)(H,34,36)(H,39,40). The van der Waals surface area contributed by atoms with Crippen LogP contribution in [0.3, 0.4) is 0 Å². The summed E-state index contributed by atoms with van der Waals surface area (Å²) in [5.41, 5.74) is 7.86. The van der Waals surface area contributed by atoms with Crippen molar-refractivity contribution in [2.45, 2.75) is 70.3 Å². The number of carbonyl (C=O) groups excluding carboxylic acids is 3. The quantitative estimate of drug-likeness (QED) is 0.135. The molecule has 216 valence electrons. The van der Waals surface area contributed by atoms with E-state index in [0.717, 1.165) is 16.5 Å². The molecule has 0 saturated heterocycles. The van der Waals surface area contributed by atoms with Gasteiger partial charge in [0.2, 0.25) is 17.7 Å². The zero-order valence-electron chi connectivity index (χ0n) is 22.7. The van der Waals surface area contributed by atoms with Gasteiger partial charge in [0, 0.05) is 41.8 Å². The molecule has 3 aromatic rings. The maximum absolute atomic E-state index is 13.5. The zero-order chi connectivity index (χ0) is 29.4. The smallest absolute Gasteiger partial charge is 0.326 e. The van der Waals surface area contributed by atoms with Gasteiger partial charge in [0.05, 0.1) is 12.4 Å². The van der Waals surface area contributed by atoms with Crippen LogP contribution in [0.25, 0.3) is 10.9 Å². The normalized spacial score (nSPS) is 15.2. The van der Waals surface area contributed by atoms with E-state index in [9.17, 15) is 29.4 Å². The second-order valence-corrected chi connectivity index (χ2v) is 10.3. The number of aliphatic carboxylic acids is 1. The van der Waals surface area contributed by atoms with Gasteiger partial charge in [-0.05, 0) is 30.9 Å². The van der Waals surface area contributed by atoms with Crippen LogP contribution in [0.5, 0.6) is 0 Å². The van der Waals surface area contributed by atoms with Crippen molar-refractivity contribution in [2.75, 3.05) is 0 Å². The van der Waals surface area contributed by atoms with Gasteiger partial charge in [0.25, 0.3) is 0 Å². The Labute approximate surface area is 231 Å².